The van der Waals surface area contributed by atoms with Gasteiger partial charge in [0.2, 0.25) is 0 Å². The summed E-state index contributed by atoms with van der Waals surface area (Å²) in [6.45, 7) is 5.83. The standard InChI is InChI=1S/C17H18N4O3/c1-4-9-18-15-10-14(19-11(2)20-15)16(22)21-13-8-6-5-7-12(13)17(23)24-3/h4-8,10H,1,9H2,2-3H3,(H,21,22)(H,18,19,20). The summed E-state index contributed by atoms with van der Waals surface area (Å²) in [6, 6.07) is 8.13. The summed E-state index contributed by atoms with van der Waals surface area (Å²) in [7, 11) is 1.28. The number of amides is 1. The number of methoxy groups -OCH3 is 1. The molecule has 0 aliphatic rings. The van der Waals surface area contributed by atoms with E-state index in [1.54, 1.807) is 37.3 Å². The Morgan fingerprint density at radius 2 is 2.04 bits per heavy atom. The summed E-state index contributed by atoms with van der Waals surface area (Å²) in [5, 5.41) is 5.68. The van der Waals surface area contributed by atoms with E-state index in [0.717, 1.165) is 0 Å². The van der Waals surface area contributed by atoms with E-state index in [9.17, 15) is 9.59 Å². The van der Waals surface area contributed by atoms with Gasteiger partial charge in [-0.15, -0.1) is 6.58 Å². The summed E-state index contributed by atoms with van der Waals surface area (Å²) in [4.78, 5) is 32.5. The van der Waals surface area contributed by atoms with Gasteiger partial charge in [-0.25, -0.2) is 14.8 Å². The molecule has 0 atom stereocenters. The van der Waals surface area contributed by atoms with Crippen molar-refractivity contribution in [3.63, 3.8) is 0 Å². The molecule has 0 unspecified atom stereocenters. The Morgan fingerprint density at radius 1 is 1.29 bits per heavy atom. The van der Waals surface area contributed by atoms with Crippen LogP contribution in [-0.4, -0.2) is 35.5 Å². The van der Waals surface area contributed by atoms with E-state index < -0.39 is 11.9 Å². The first kappa shape index (κ1) is 17.1. The zero-order chi connectivity index (χ0) is 17.5. The number of carbonyl (C=O) groups excluding carboxylic acids is 2. The van der Waals surface area contributed by atoms with Gasteiger partial charge >= 0.3 is 5.97 Å². The molecular weight excluding hydrogens is 308 g/mol. The minimum atomic E-state index is -0.530. The van der Waals surface area contributed by atoms with Crippen LogP contribution in [0, 0.1) is 6.92 Å². The summed E-state index contributed by atoms with van der Waals surface area (Å²) in [6.07, 6.45) is 1.68. The second-order valence-corrected chi connectivity index (χ2v) is 4.85. The van der Waals surface area contributed by atoms with Crippen LogP contribution in [0.5, 0.6) is 0 Å². The van der Waals surface area contributed by atoms with Crippen LogP contribution in [0.2, 0.25) is 0 Å². The van der Waals surface area contributed by atoms with Crippen LogP contribution in [0.4, 0.5) is 11.5 Å². The number of aromatic nitrogens is 2. The molecule has 124 valence electrons. The number of rotatable bonds is 6. The molecule has 2 aromatic rings. The SMILES string of the molecule is C=CCNc1cc(C(=O)Nc2ccccc2C(=O)OC)nc(C)n1. The van der Waals surface area contributed by atoms with E-state index in [1.165, 1.54) is 13.2 Å². The van der Waals surface area contributed by atoms with Crippen molar-refractivity contribution in [1.29, 1.82) is 0 Å². The second-order valence-electron chi connectivity index (χ2n) is 4.85. The maximum atomic E-state index is 12.5. The van der Waals surface area contributed by atoms with Gasteiger partial charge < -0.3 is 15.4 Å². The molecular formula is C17H18N4O3. The quantitative estimate of drug-likeness (QED) is 0.625. The number of para-hydroxylation sites is 1. The molecule has 0 fully saturated rings. The molecule has 7 heteroatoms. The van der Waals surface area contributed by atoms with Crippen molar-refractivity contribution in [2.24, 2.45) is 0 Å². The monoisotopic (exact) mass is 326 g/mol. The Morgan fingerprint density at radius 3 is 2.75 bits per heavy atom. The lowest BCUT2D eigenvalue weighted by Gasteiger charge is -2.10. The molecule has 0 saturated heterocycles. The molecule has 1 heterocycles. The molecule has 24 heavy (non-hydrogen) atoms. The van der Waals surface area contributed by atoms with Gasteiger partial charge in [0.05, 0.1) is 18.4 Å². The third-order valence-electron chi connectivity index (χ3n) is 3.08. The zero-order valence-electron chi connectivity index (χ0n) is 13.5. The van der Waals surface area contributed by atoms with Crippen molar-refractivity contribution in [3.05, 3.63) is 60.1 Å². The van der Waals surface area contributed by atoms with Gasteiger partial charge in [0.25, 0.3) is 5.91 Å². The van der Waals surface area contributed by atoms with Crippen molar-refractivity contribution in [2.75, 3.05) is 24.3 Å². The van der Waals surface area contributed by atoms with Gasteiger partial charge in [0, 0.05) is 12.6 Å². The fraction of sp³-hybridized carbons (Fsp3) is 0.176. The van der Waals surface area contributed by atoms with Crippen LogP contribution in [0.25, 0.3) is 0 Å². The molecule has 0 bridgehead atoms. The number of benzene rings is 1. The van der Waals surface area contributed by atoms with E-state index >= 15 is 0 Å². The lowest BCUT2D eigenvalue weighted by atomic mass is 10.1. The number of esters is 1. The summed E-state index contributed by atoms with van der Waals surface area (Å²) >= 11 is 0. The van der Waals surface area contributed by atoms with Gasteiger partial charge in [-0.2, -0.15) is 0 Å². The van der Waals surface area contributed by atoms with Crippen LogP contribution >= 0.6 is 0 Å². The van der Waals surface area contributed by atoms with E-state index in [1.807, 2.05) is 0 Å². The Hall–Kier alpha value is -3.22. The first-order chi connectivity index (χ1) is 11.5. The molecule has 1 aromatic carbocycles. The van der Waals surface area contributed by atoms with Crippen LogP contribution in [0.1, 0.15) is 26.7 Å². The highest BCUT2D eigenvalue weighted by molar-refractivity contribution is 6.07. The average molecular weight is 326 g/mol. The van der Waals surface area contributed by atoms with Gasteiger partial charge in [0.15, 0.2) is 0 Å². The zero-order valence-corrected chi connectivity index (χ0v) is 13.5. The number of ether oxygens (including phenoxy) is 1. The Kier molecular flexibility index (Phi) is 5.62. The summed E-state index contributed by atoms with van der Waals surface area (Å²) in [5.41, 5.74) is 0.809. The van der Waals surface area contributed by atoms with Gasteiger partial charge in [-0.1, -0.05) is 18.2 Å². The van der Waals surface area contributed by atoms with Crippen molar-refractivity contribution in [1.82, 2.24) is 9.97 Å². The molecule has 1 aromatic heterocycles. The molecule has 0 spiro atoms. The maximum absolute atomic E-state index is 12.5. The van der Waals surface area contributed by atoms with Crippen molar-refractivity contribution >= 4 is 23.4 Å². The fourth-order valence-corrected chi connectivity index (χ4v) is 2.02. The van der Waals surface area contributed by atoms with Gasteiger partial charge in [-0.3, -0.25) is 4.79 Å². The van der Waals surface area contributed by atoms with Crippen molar-refractivity contribution < 1.29 is 14.3 Å². The number of hydrogen-bond donors (Lipinski definition) is 2. The molecule has 7 nitrogen and oxygen atoms in total. The lowest BCUT2D eigenvalue weighted by molar-refractivity contribution is 0.0602. The molecule has 2 rings (SSSR count). The number of nitrogens with one attached hydrogen (secondary N) is 2. The Labute approximate surface area is 139 Å². The number of carbonyl (C=O) groups is 2. The molecule has 2 N–H and O–H groups in total. The van der Waals surface area contributed by atoms with Gasteiger partial charge in [0.1, 0.15) is 17.3 Å². The smallest absolute Gasteiger partial charge is 0.339 e. The topological polar surface area (TPSA) is 93.2 Å². The van der Waals surface area contributed by atoms with Crippen LogP contribution < -0.4 is 10.6 Å². The second kappa shape index (κ2) is 7.87. The summed E-state index contributed by atoms with van der Waals surface area (Å²) < 4.78 is 4.71. The molecule has 0 radical (unpaired) electrons. The van der Waals surface area contributed by atoms with Crippen LogP contribution in [-0.2, 0) is 4.74 Å². The minimum Gasteiger partial charge on any atom is -0.465 e. The normalized spacial score (nSPS) is 9.92. The Bertz CT molecular complexity index is 774. The maximum Gasteiger partial charge on any atom is 0.339 e. The molecule has 0 aliphatic heterocycles. The third kappa shape index (κ3) is 4.16. The van der Waals surface area contributed by atoms with Crippen LogP contribution in [0.3, 0.4) is 0 Å². The first-order valence-corrected chi connectivity index (χ1v) is 7.24. The highest BCUT2D eigenvalue weighted by atomic mass is 16.5. The van der Waals surface area contributed by atoms with E-state index in [-0.39, 0.29) is 11.3 Å². The van der Waals surface area contributed by atoms with E-state index in [2.05, 4.69) is 27.2 Å². The molecule has 1 amide bonds. The largest absolute Gasteiger partial charge is 0.465 e. The number of aryl methyl sites for hydroxylation is 1. The Balaban J connectivity index is 2.26. The van der Waals surface area contributed by atoms with Crippen molar-refractivity contribution in [3.8, 4) is 0 Å². The molecule has 0 saturated carbocycles. The number of anilines is 2. The van der Waals surface area contributed by atoms with E-state index in [0.29, 0.717) is 23.9 Å². The van der Waals surface area contributed by atoms with Gasteiger partial charge in [-0.05, 0) is 19.1 Å². The van der Waals surface area contributed by atoms with Crippen LogP contribution in [0.15, 0.2) is 43.0 Å². The predicted molar refractivity (Wildman–Crippen MR) is 91.2 cm³/mol. The molecule has 0 aliphatic carbocycles. The minimum absolute atomic E-state index is 0.189. The number of hydrogen-bond acceptors (Lipinski definition) is 6. The highest BCUT2D eigenvalue weighted by Gasteiger charge is 2.16. The third-order valence-corrected chi connectivity index (χ3v) is 3.08. The number of nitrogens with zero attached hydrogens (tertiary/aromatic N) is 2. The highest BCUT2D eigenvalue weighted by Crippen LogP contribution is 2.17. The fourth-order valence-electron chi connectivity index (χ4n) is 2.02. The predicted octanol–water partition coefficient (Wildman–Crippen LogP) is 2.42. The average Bonchev–Trinajstić information content (AvgIpc) is 2.59. The lowest BCUT2D eigenvalue weighted by Crippen LogP contribution is -2.18. The summed E-state index contributed by atoms with van der Waals surface area (Å²) in [5.74, 6) is 0.000816. The first-order valence-electron chi connectivity index (χ1n) is 7.24. The van der Waals surface area contributed by atoms with E-state index in [4.69, 9.17) is 4.74 Å². The van der Waals surface area contributed by atoms with Crippen molar-refractivity contribution in [2.45, 2.75) is 6.92 Å².